The van der Waals surface area contributed by atoms with E-state index in [0.29, 0.717) is 31.0 Å². The fourth-order valence-corrected chi connectivity index (χ4v) is 4.52. The molecule has 0 aliphatic carbocycles. The monoisotopic (exact) mass is 480 g/mol. The zero-order valence-corrected chi connectivity index (χ0v) is 19.7. The van der Waals surface area contributed by atoms with Gasteiger partial charge in [0.05, 0.1) is 17.3 Å². The summed E-state index contributed by atoms with van der Waals surface area (Å²) in [6, 6.07) is 13.9. The Labute approximate surface area is 203 Å². The quantitative estimate of drug-likeness (QED) is 0.606. The van der Waals surface area contributed by atoms with Gasteiger partial charge in [-0.05, 0) is 25.2 Å². The maximum atomic E-state index is 13.5. The van der Waals surface area contributed by atoms with E-state index >= 15 is 0 Å². The van der Waals surface area contributed by atoms with Crippen LogP contribution in [0.2, 0.25) is 5.02 Å². The van der Waals surface area contributed by atoms with Gasteiger partial charge in [0.2, 0.25) is 0 Å². The van der Waals surface area contributed by atoms with Gasteiger partial charge in [0.25, 0.3) is 0 Å². The Morgan fingerprint density at radius 2 is 1.79 bits per heavy atom. The van der Waals surface area contributed by atoms with E-state index in [4.69, 9.17) is 21.6 Å². The van der Waals surface area contributed by atoms with Crippen LogP contribution in [0.1, 0.15) is 11.3 Å². The summed E-state index contributed by atoms with van der Waals surface area (Å²) in [6.07, 6.45) is 0.635. The molecule has 9 heteroatoms. The lowest BCUT2D eigenvalue weighted by Crippen LogP contribution is -2.46. The van der Waals surface area contributed by atoms with Crippen molar-refractivity contribution in [3.8, 4) is 11.4 Å². The molecule has 5 rings (SSSR count). The molecule has 0 saturated carbocycles. The number of halogens is 2. The summed E-state index contributed by atoms with van der Waals surface area (Å²) < 4.78 is 13.5. The molecule has 0 spiro atoms. The Hall–Kier alpha value is -3.23. The molecule has 1 saturated heterocycles. The van der Waals surface area contributed by atoms with Gasteiger partial charge in [-0.3, -0.25) is 0 Å². The molecule has 2 aromatic carbocycles. The average Bonchev–Trinajstić information content (AvgIpc) is 2.86. The highest BCUT2D eigenvalue weighted by molar-refractivity contribution is 6.31. The molecule has 1 fully saturated rings. The van der Waals surface area contributed by atoms with E-state index in [1.807, 2.05) is 30.3 Å². The number of rotatable bonds is 3. The average molecular weight is 481 g/mol. The third-order valence-electron chi connectivity index (χ3n) is 6.33. The highest BCUT2D eigenvalue weighted by atomic mass is 35.5. The molecule has 0 bridgehead atoms. The molecule has 176 valence electrons. The second kappa shape index (κ2) is 9.56. The number of likely N-dealkylation sites (N-methyl/N-ethyl adjacent to an activating group) is 1. The van der Waals surface area contributed by atoms with Crippen LogP contribution in [0, 0.1) is 5.82 Å². The van der Waals surface area contributed by atoms with Crippen LogP contribution >= 0.6 is 11.6 Å². The number of piperazine rings is 1. The number of aromatic nitrogens is 2. The van der Waals surface area contributed by atoms with Crippen molar-refractivity contribution in [3.63, 3.8) is 0 Å². The Morgan fingerprint density at radius 1 is 1.03 bits per heavy atom. The number of hydrogen-bond acceptors (Lipinski definition) is 5. The van der Waals surface area contributed by atoms with Crippen molar-refractivity contribution < 1.29 is 9.18 Å². The first-order chi connectivity index (χ1) is 16.5. The SMILES string of the molecule is CN1CCN(c2nc(-c3ccccc3)nc3c2CN(C(=O)Nc2ccc(F)c(Cl)c2)CC3)CC1. The van der Waals surface area contributed by atoms with Crippen molar-refractivity contribution in [1.29, 1.82) is 0 Å². The molecule has 7 nitrogen and oxygen atoms in total. The van der Waals surface area contributed by atoms with Crippen LogP contribution in [0.3, 0.4) is 0 Å². The molecule has 0 atom stereocenters. The number of anilines is 2. The smallest absolute Gasteiger partial charge is 0.322 e. The van der Waals surface area contributed by atoms with Gasteiger partial charge in [-0.25, -0.2) is 19.2 Å². The number of carbonyl (C=O) groups is 1. The molecule has 2 amide bonds. The molecular formula is C25H26ClFN6O. The number of hydrogen-bond donors (Lipinski definition) is 1. The molecule has 0 radical (unpaired) electrons. The lowest BCUT2D eigenvalue weighted by Gasteiger charge is -2.37. The zero-order chi connectivity index (χ0) is 23.7. The van der Waals surface area contributed by atoms with Crippen LogP contribution in [0.4, 0.5) is 20.7 Å². The van der Waals surface area contributed by atoms with Gasteiger partial charge in [-0.1, -0.05) is 41.9 Å². The van der Waals surface area contributed by atoms with Crippen molar-refractivity contribution >= 4 is 29.1 Å². The summed E-state index contributed by atoms with van der Waals surface area (Å²) >= 11 is 5.87. The van der Waals surface area contributed by atoms with Crippen molar-refractivity contribution in [1.82, 2.24) is 19.8 Å². The standard InChI is InChI=1S/C25H26ClFN6O/c1-31-11-13-32(14-12-31)24-19-16-33(25(34)28-18-7-8-21(27)20(26)15-18)10-9-22(19)29-23(30-24)17-5-3-2-4-6-17/h2-8,15H,9-14,16H2,1H3,(H,28,34). The summed E-state index contributed by atoms with van der Waals surface area (Å²) in [5.74, 6) is 1.10. The minimum atomic E-state index is -0.519. The van der Waals surface area contributed by atoms with Crippen LogP contribution in [-0.4, -0.2) is 65.6 Å². The van der Waals surface area contributed by atoms with Crippen LogP contribution in [0.15, 0.2) is 48.5 Å². The number of nitrogens with one attached hydrogen (secondary N) is 1. The number of carbonyl (C=O) groups excluding carboxylic acids is 1. The van der Waals surface area contributed by atoms with E-state index in [9.17, 15) is 9.18 Å². The largest absolute Gasteiger partial charge is 0.354 e. The van der Waals surface area contributed by atoms with Crippen LogP contribution < -0.4 is 10.2 Å². The minimum absolute atomic E-state index is 0.0269. The van der Waals surface area contributed by atoms with Gasteiger partial charge in [-0.15, -0.1) is 0 Å². The van der Waals surface area contributed by atoms with Crippen molar-refractivity contribution in [2.24, 2.45) is 0 Å². The highest BCUT2D eigenvalue weighted by Gasteiger charge is 2.29. The summed E-state index contributed by atoms with van der Waals surface area (Å²) in [7, 11) is 2.12. The molecule has 1 aromatic heterocycles. The summed E-state index contributed by atoms with van der Waals surface area (Å²) in [6.45, 7) is 4.58. The maximum absolute atomic E-state index is 13.5. The molecule has 3 heterocycles. The molecular weight excluding hydrogens is 455 g/mol. The first-order valence-corrected chi connectivity index (χ1v) is 11.8. The van der Waals surface area contributed by atoms with E-state index in [2.05, 4.69) is 22.2 Å². The third-order valence-corrected chi connectivity index (χ3v) is 6.62. The van der Waals surface area contributed by atoms with Crippen LogP contribution in [0.5, 0.6) is 0 Å². The molecule has 1 N–H and O–H groups in total. The van der Waals surface area contributed by atoms with Crippen molar-refractivity contribution in [2.45, 2.75) is 13.0 Å². The zero-order valence-electron chi connectivity index (χ0n) is 19.0. The number of urea groups is 1. The van der Waals surface area contributed by atoms with Gasteiger partial charge in [0.15, 0.2) is 5.82 Å². The van der Waals surface area contributed by atoms with Gasteiger partial charge in [0.1, 0.15) is 11.6 Å². The Morgan fingerprint density at radius 3 is 2.53 bits per heavy atom. The second-order valence-electron chi connectivity index (χ2n) is 8.68. The number of fused-ring (bicyclic) bond motifs is 1. The number of amides is 2. The minimum Gasteiger partial charge on any atom is -0.354 e. The van der Waals surface area contributed by atoms with Gasteiger partial charge in [0, 0.05) is 56.0 Å². The highest BCUT2D eigenvalue weighted by Crippen LogP contribution is 2.31. The van der Waals surface area contributed by atoms with Gasteiger partial charge in [-0.2, -0.15) is 0 Å². The van der Waals surface area contributed by atoms with Gasteiger partial charge >= 0.3 is 6.03 Å². The normalized spacial score (nSPS) is 16.3. The fraction of sp³-hybridized carbons (Fsp3) is 0.320. The lowest BCUT2D eigenvalue weighted by molar-refractivity contribution is 0.206. The third kappa shape index (κ3) is 4.69. The van der Waals surface area contributed by atoms with E-state index in [0.717, 1.165) is 48.8 Å². The topological polar surface area (TPSA) is 64.6 Å². The van der Waals surface area contributed by atoms with E-state index in [1.165, 1.54) is 18.2 Å². The number of nitrogens with zero attached hydrogens (tertiary/aromatic N) is 5. The Kier molecular flexibility index (Phi) is 6.34. The van der Waals surface area contributed by atoms with Crippen LogP contribution in [-0.2, 0) is 13.0 Å². The first-order valence-electron chi connectivity index (χ1n) is 11.4. The van der Waals surface area contributed by atoms with Crippen LogP contribution in [0.25, 0.3) is 11.4 Å². The molecule has 34 heavy (non-hydrogen) atoms. The summed E-state index contributed by atoms with van der Waals surface area (Å²) in [4.78, 5) is 29.2. The first kappa shape index (κ1) is 22.6. The second-order valence-corrected chi connectivity index (χ2v) is 9.09. The maximum Gasteiger partial charge on any atom is 0.322 e. The van der Waals surface area contributed by atoms with Crippen molar-refractivity contribution in [2.75, 3.05) is 50.0 Å². The van der Waals surface area contributed by atoms with E-state index in [-0.39, 0.29) is 11.1 Å². The molecule has 3 aromatic rings. The molecule has 2 aliphatic heterocycles. The Bertz CT molecular complexity index is 1200. The lowest BCUT2D eigenvalue weighted by atomic mass is 10.0. The number of benzene rings is 2. The van der Waals surface area contributed by atoms with E-state index < -0.39 is 5.82 Å². The molecule has 0 unspecified atom stereocenters. The molecule has 2 aliphatic rings. The predicted molar refractivity (Wildman–Crippen MR) is 132 cm³/mol. The summed E-state index contributed by atoms with van der Waals surface area (Å²) in [5, 5.41) is 2.80. The summed E-state index contributed by atoms with van der Waals surface area (Å²) in [5.41, 5.74) is 3.41. The fourth-order valence-electron chi connectivity index (χ4n) is 4.34. The predicted octanol–water partition coefficient (Wildman–Crippen LogP) is 4.28. The van der Waals surface area contributed by atoms with Crippen molar-refractivity contribution in [3.05, 3.63) is 70.6 Å². The van der Waals surface area contributed by atoms with E-state index in [1.54, 1.807) is 4.90 Å². The Balaban J connectivity index is 1.44. The van der Waals surface area contributed by atoms with Gasteiger partial charge < -0.3 is 20.0 Å².